The van der Waals surface area contributed by atoms with Gasteiger partial charge in [-0.05, 0) is 24.3 Å². The van der Waals surface area contributed by atoms with Gasteiger partial charge >= 0.3 is 0 Å². The standard InChI is InChI=1S/2C8H7N3/c2*9-8-5-10-6-3-1-2-4-7(6)11-8/h2*1-5H,(H2,9,11). The van der Waals surface area contributed by atoms with E-state index in [4.69, 9.17) is 11.5 Å². The minimum Gasteiger partial charge on any atom is -0.382 e. The van der Waals surface area contributed by atoms with Crippen LogP contribution in [-0.2, 0) is 0 Å². The van der Waals surface area contributed by atoms with Crippen LogP contribution in [0.4, 0.5) is 11.6 Å². The van der Waals surface area contributed by atoms with E-state index in [1.807, 2.05) is 48.5 Å². The molecule has 0 atom stereocenters. The fourth-order valence-electron chi connectivity index (χ4n) is 1.94. The zero-order valence-electron chi connectivity index (χ0n) is 11.7. The molecule has 2 heterocycles. The van der Waals surface area contributed by atoms with Gasteiger partial charge in [-0.15, -0.1) is 0 Å². The van der Waals surface area contributed by atoms with Gasteiger partial charge in [0.15, 0.2) is 0 Å². The number of benzene rings is 2. The highest BCUT2D eigenvalue weighted by Crippen LogP contribution is 2.09. The van der Waals surface area contributed by atoms with Crippen LogP contribution in [-0.4, -0.2) is 19.9 Å². The minimum absolute atomic E-state index is 0.462. The Morgan fingerprint density at radius 3 is 1.32 bits per heavy atom. The Morgan fingerprint density at radius 1 is 0.545 bits per heavy atom. The predicted octanol–water partition coefficient (Wildman–Crippen LogP) is 2.42. The van der Waals surface area contributed by atoms with Crippen molar-refractivity contribution in [1.82, 2.24) is 19.9 Å². The number of hydrogen-bond donors (Lipinski definition) is 2. The topological polar surface area (TPSA) is 104 Å². The Morgan fingerprint density at radius 2 is 0.909 bits per heavy atom. The molecule has 2 aromatic heterocycles. The van der Waals surface area contributed by atoms with Crippen LogP contribution in [0.15, 0.2) is 60.9 Å². The number of para-hydroxylation sites is 4. The molecule has 0 aliphatic carbocycles. The fraction of sp³-hybridized carbons (Fsp3) is 0. The van der Waals surface area contributed by atoms with E-state index in [9.17, 15) is 0 Å². The highest BCUT2D eigenvalue weighted by Gasteiger charge is 1.93. The molecule has 108 valence electrons. The molecule has 4 rings (SSSR count). The lowest BCUT2D eigenvalue weighted by Gasteiger charge is -1.95. The van der Waals surface area contributed by atoms with Crippen LogP contribution in [0, 0.1) is 0 Å². The lowest BCUT2D eigenvalue weighted by molar-refractivity contribution is 1.30. The Bertz CT molecular complexity index is 845. The second-order valence-electron chi connectivity index (χ2n) is 4.57. The van der Waals surface area contributed by atoms with Crippen LogP contribution in [0.1, 0.15) is 0 Å². The molecule has 6 heteroatoms. The van der Waals surface area contributed by atoms with Crippen molar-refractivity contribution < 1.29 is 0 Å². The van der Waals surface area contributed by atoms with Gasteiger partial charge in [-0.3, -0.25) is 9.97 Å². The second kappa shape index (κ2) is 6.01. The molecule has 0 spiro atoms. The van der Waals surface area contributed by atoms with Crippen molar-refractivity contribution in [3.8, 4) is 0 Å². The molecule has 0 radical (unpaired) electrons. The molecule has 0 aliphatic heterocycles. The van der Waals surface area contributed by atoms with Gasteiger partial charge in [-0.1, -0.05) is 24.3 Å². The Labute approximate surface area is 126 Å². The normalized spacial score (nSPS) is 10.2. The lowest BCUT2D eigenvalue weighted by atomic mass is 10.3. The number of nitrogens with two attached hydrogens (primary N) is 2. The Kier molecular flexibility index (Phi) is 3.74. The van der Waals surface area contributed by atoms with Gasteiger partial charge < -0.3 is 11.5 Å². The third-order valence-corrected chi connectivity index (χ3v) is 2.93. The summed E-state index contributed by atoms with van der Waals surface area (Å²) in [5, 5.41) is 0. The van der Waals surface area contributed by atoms with Gasteiger partial charge in [0.05, 0.1) is 34.5 Å². The molecule has 0 saturated heterocycles. The van der Waals surface area contributed by atoms with E-state index < -0.39 is 0 Å². The lowest BCUT2D eigenvalue weighted by Crippen LogP contribution is -1.91. The van der Waals surface area contributed by atoms with Crippen molar-refractivity contribution in [2.45, 2.75) is 0 Å². The molecule has 0 unspecified atom stereocenters. The minimum atomic E-state index is 0.462. The summed E-state index contributed by atoms with van der Waals surface area (Å²) in [6.45, 7) is 0. The van der Waals surface area contributed by atoms with Gasteiger partial charge in [0.2, 0.25) is 0 Å². The highest BCUT2D eigenvalue weighted by molar-refractivity contribution is 5.75. The fourth-order valence-corrected chi connectivity index (χ4v) is 1.94. The summed E-state index contributed by atoms with van der Waals surface area (Å²) in [5.74, 6) is 0.924. The average molecular weight is 290 g/mol. The molecule has 0 bridgehead atoms. The first-order valence-corrected chi connectivity index (χ1v) is 6.67. The maximum Gasteiger partial charge on any atom is 0.142 e. The number of hydrogen-bond acceptors (Lipinski definition) is 6. The molecule has 2 aromatic carbocycles. The number of nitrogen functional groups attached to an aromatic ring is 2. The smallest absolute Gasteiger partial charge is 0.142 e. The average Bonchev–Trinajstić information content (AvgIpc) is 2.55. The summed E-state index contributed by atoms with van der Waals surface area (Å²) in [4.78, 5) is 16.4. The van der Waals surface area contributed by atoms with Crippen molar-refractivity contribution in [1.29, 1.82) is 0 Å². The first-order chi connectivity index (χ1) is 10.7. The number of aromatic nitrogens is 4. The van der Waals surface area contributed by atoms with E-state index >= 15 is 0 Å². The summed E-state index contributed by atoms with van der Waals surface area (Å²) in [6.07, 6.45) is 3.12. The number of fused-ring (bicyclic) bond motifs is 2. The Hall–Kier alpha value is -3.28. The van der Waals surface area contributed by atoms with E-state index in [0.29, 0.717) is 11.6 Å². The van der Waals surface area contributed by atoms with Crippen LogP contribution < -0.4 is 11.5 Å². The molecule has 0 amide bonds. The monoisotopic (exact) mass is 290 g/mol. The second-order valence-corrected chi connectivity index (χ2v) is 4.57. The molecule has 0 saturated carbocycles. The van der Waals surface area contributed by atoms with Crippen LogP contribution in [0.3, 0.4) is 0 Å². The zero-order valence-corrected chi connectivity index (χ0v) is 11.7. The van der Waals surface area contributed by atoms with E-state index in [2.05, 4.69) is 19.9 Å². The third kappa shape index (κ3) is 3.06. The highest BCUT2D eigenvalue weighted by atomic mass is 14.9. The van der Waals surface area contributed by atoms with Crippen LogP contribution >= 0.6 is 0 Å². The van der Waals surface area contributed by atoms with Crippen LogP contribution in [0.25, 0.3) is 22.1 Å². The molecule has 4 N–H and O–H groups in total. The molecule has 4 aromatic rings. The van der Waals surface area contributed by atoms with Gasteiger partial charge in [0, 0.05) is 0 Å². The molecule has 0 fully saturated rings. The van der Waals surface area contributed by atoms with E-state index in [1.54, 1.807) is 12.4 Å². The van der Waals surface area contributed by atoms with Gasteiger partial charge in [-0.2, -0.15) is 0 Å². The van der Waals surface area contributed by atoms with Gasteiger partial charge in [-0.25, -0.2) is 9.97 Å². The molecule has 6 nitrogen and oxygen atoms in total. The summed E-state index contributed by atoms with van der Waals surface area (Å²) < 4.78 is 0. The van der Waals surface area contributed by atoms with E-state index in [-0.39, 0.29) is 0 Å². The maximum absolute atomic E-state index is 5.45. The quantitative estimate of drug-likeness (QED) is 0.515. The van der Waals surface area contributed by atoms with Crippen molar-refractivity contribution in [3.05, 3.63) is 60.9 Å². The van der Waals surface area contributed by atoms with Crippen molar-refractivity contribution in [3.63, 3.8) is 0 Å². The van der Waals surface area contributed by atoms with Gasteiger partial charge in [0.25, 0.3) is 0 Å². The molecular weight excluding hydrogens is 276 g/mol. The summed E-state index contributed by atoms with van der Waals surface area (Å²) >= 11 is 0. The Balaban J connectivity index is 0.000000131. The maximum atomic E-state index is 5.45. The predicted molar refractivity (Wildman–Crippen MR) is 87.9 cm³/mol. The van der Waals surface area contributed by atoms with Crippen molar-refractivity contribution in [2.75, 3.05) is 11.5 Å². The third-order valence-electron chi connectivity index (χ3n) is 2.93. The summed E-state index contributed by atoms with van der Waals surface area (Å²) in [6, 6.07) is 15.3. The van der Waals surface area contributed by atoms with E-state index in [1.165, 1.54) is 0 Å². The number of anilines is 2. The largest absolute Gasteiger partial charge is 0.382 e. The first kappa shape index (κ1) is 13.7. The molecule has 0 aliphatic rings. The summed E-state index contributed by atoms with van der Waals surface area (Å²) in [5.41, 5.74) is 14.3. The number of nitrogens with zero attached hydrogens (tertiary/aromatic N) is 4. The molecule has 22 heavy (non-hydrogen) atoms. The van der Waals surface area contributed by atoms with Crippen LogP contribution in [0.2, 0.25) is 0 Å². The zero-order chi connectivity index (χ0) is 15.4. The van der Waals surface area contributed by atoms with Gasteiger partial charge in [0.1, 0.15) is 11.6 Å². The van der Waals surface area contributed by atoms with E-state index in [0.717, 1.165) is 22.1 Å². The van der Waals surface area contributed by atoms with Crippen molar-refractivity contribution >= 4 is 33.7 Å². The SMILES string of the molecule is Nc1cnc2ccccc2n1.Nc1cnc2ccccc2n1. The summed E-state index contributed by atoms with van der Waals surface area (Å²) in [7, 11) is 0. The number of rotatable bonds is 0. The van der Waals surface area contributed by atoms with Crippen molar-refractivity contribution in [2.24, 2.45) is 0 Å². The van der Waals surface area contributed by atoms with Crippen LogP contribution in [0.5, 0.6) is 0 Å². The molecular formula is C16H14N6. The first-order valence-electron chi connectivity index (χ1n) is 6.67.